The summed E-state index contributed by atoms with van der Waals surface area (Å²) < 4.78 is 35.1. The maximum Gasteiger partial charge on any atom is 0.200 e. The highest BCUT2D eigenvalue weighted by molar-refractivity contribution is 6.18. The molecule has 1 spiro atoms. The number of carbonyl (C=O) groups excluding carboxylic acids is 2. The number of Topliss-reactive ketones (excluding diaryl/α,β-unsaturated/α-hetero) is 2. The highest BCUT2D eigenvalue weighted by Gasteiger charge is 2.81. The fraction of sp³-hybridized carbons (Fsp3) is 0.556. The highest BCUT2D eigenvalue weighted by atomic mass is 16.7. The van der Waals surface area contributed by atoms with Gasteiger partial charge in [0.2, 0.25) is 0 Å². The molecule has 0 aromatic heterocycles. The van der Waals surface area contributed by atoms with E-state index in [1.807, 2.05) is 33.8 Å². The second kappa shape index (κ2) is 8.18. The van der Waals surface area contributed by atoms with Crippen molar-refractivity contribution in [3.05, 3.63) is 41.0 Å². The molecule has 0 amide bonds. The maximum absolute atomic E-state index is 14.1. The van der Waals surface area contributed by atoms with E-state index in [1.165, 1.54) is 14.2 Å². The molecule has 5 aliphatic rings. The maximum atomic E-state index is 14.1. The first kappa shape index (κ1) is 24.0. The summed E-state index contributed by atoms with van der Waals surface area (Å²) in [4.78, 5) is 28.0. The number of ether oxygens (including phenoxy) is 6. The van der Waals surface area contributed by atoms with Crippen LogP contribution in [0.25, 0.3) is 0 Å². The van der Waals surface area contributed by atoms with Crippen LogP contribution in [-0.4, -0.2) is 56.2 Å². The van der Waals surface area contributed by atoms with Gasteiger partial charge in [-0.3, -0.25) is 9.59 Å². The lowest BCUT2D eigenvalue weighted by atomic mass is 9.51. The third-order valence-electron chi connectivity index (χ3n) is 7.62. The Labute approximate surface area is 205 Å². The Morgan fingerprint density at radius 2 is 1.83 bits per heavy atom. The van der Waals surface area contributed by atoms with Crippen molar-refractivity contribution in [1.82, 2.24) is 0 Å². The van der Waals surface area contributed by atoms with Crippen LogP contribution in [0.15, 0.2) is 35.4 Å². The van der Waals surface area contributed by atoms with Gasteiger partial charge in [0.05, 0.1) is 5.60 Å². The molecule has 1 aromatic rings. The van der Waals surface area contributed by atoms with Crippen molar-refractivity contribution >= 4 is 11.6 Å². The van der Waals surface area contributed by atoms with Crippen molar-refractivity contribution in [3.8, 4) is 17.2 Å². The molecule has 1 saturated carbocycles. The quantitative estimate of drug-likeness (QED) is 0.404. The van der Waals surface area contributed by atoms with E-state index < -0.39 is 22.7 Å². The fourth-order valence-corrected chi connectivity index (χ4v) is 6.30. The van der Waals surface area contributed by atoms with Gasteiger partial charge in [0, 0.05) is 50.2 Å². The summed E-state index contributed by atoms with van der Waals surface area (Å²) in [6.45, 7) is 7.89. The number of benzene rings is 1. The molecule has 8 nitrogen and oxygen atoms in total. The van der Waals surface area contributed by atoms with E-state index in [4.69, 9.17) is 28.4 Å². The van der Waals surface area contributed by atoms with E-state index in [0.717, 1.165) is 5.57 Å². The monoisotopic (exact) mass is 484 g/mol. The number of rotatable bonds is 8. The number of hydrogen-bond donors (Lipinski definition) is 0. The normalized spacial score (nSPS) is 31.3. The molecule has 3 unspecified atom stereocenters. The summed E-state index contributed by atoms with van der Waals surface area (Å²) in [5, 5.41) is 0. The van der Waals surface area contributed by atoms with Crippen molar-refractivity contribution < 1.29 is 38.0 Å². The third kappa shape index (κ3) is 3.23. The van der Waals surface area contributed by atoms with E-state index >= 15 is 0 Å². The van der Waals surface area contributed by atoms with Crippen molar-refractivity contribution in [1.29, 1.82) is 0 Å². The topological polar surface area (TPSA) is 89.5 Å². The van der Waals surface area contributed by atoms with Gasteiger partial charge in [-0.1, -0.05) is 17.7 Å². The van der Waals surface area contributed by atoms with E-state index in [1.54, 1.807) is 18.2 Å². The van der Waals surface area contributed by atoms with Crippen LogP contribution >= 0.6 is 0 Å². The summed E-state index contributed by atoms with van der Waals surface area (Å²) in [7, 11) is 3.02. The van der Waals surface area contributed by atoms with Gasteiger partial charge in [-0.15, -0.1) is 0 Å². The molecule has 1 aromatic carbocycles. The predicted molar refractivity (Wildman–Crippen MR) is 126 cm³/mol. The predicted octanol–water partition coefficient (Wildman–Crippen LogP) is 4.02. The van der Waals surface area contributed by atoms with Crippen molar-refractivity contribution in [3.63, 3.8) is 0 Å². The highest BCUT2D eigenvalue weighted by Crippen LogP contribution is 2.67. The van der Waals surface area contributed by atoms with E-state index in [0.29, 0.717) is 35.5 Å². The van der Waals surface area contributed by atoms with Gasteiger partial charge in [-0.25, -0.2) is 0 Å². The number of hydrogen-bond acceptors (Lipinski definition) is 8. The Morgan fingerprint density at radius 1 is 1.11 bits per heavy atom. The van der Waals surface area contributed by atoms with Gasteiger partial charge in [0.25, 0.3) is 0 Å². The van der Waals surface area contributed by atoms with E-state index in [-0.39, 0.29) is 36.8 Å². The van der Waals surface area contributed by atoms with Crippen LogP contribution in [-0.2, 0) is 19.0 Å². The van der Waals surface area contributed by atoms with Crippen LogP contribution in [0.3, 0.4) is 0 Å². The summed E-state index contributed by atoms with van der Waals surface area (Å²) in [5.41, 5.74) is -1.37. The minimum absolute atomic E-state index is 0.0101. The summed E-state index contributed by atoms with van der Waals surface area (Å²) in [5.74, 6) is 0.163. The number of ketones is 2. The lowest BCUT2D eigenvalue weighted by molar-refractivity contribution is -0.171. The molecular weight excluding hydrogens is 452 g/mol. The molecule has 4 bridgehead atoms. The van der Waals surface area contributed by atoms with Crippen LogP contribution in [0.1, 0.15) is 50.9 Å². The Kier molecular flexibility index (Phi) is 5.62. The smallest absolute Gasteiger partial charge is 0.200 e. The minimum atomic E-state index is -1.30. The molecule has 6 rings (SSSR count). The third-order valence-corrected chi connectivity index (χ3v) is 7.62. The van der Waals surface area contributed by atoms with Gasteiger partial charge >= 0.3 is 0 Å². The second-order valence-electron chi connectivity index (χ2n) is 10.4. The molecule has 4 atom stereocenters. The van der Waals surface area contributed by atoms with Gasteiger partial charge in [0.15, 0.2) is 36.4 Å². The first-order valence-electron chi connectivity index (χ1n) is 11.9. The lowest BCUT2D eigenvalue weighted by Crippen LogP contribution is -2.72. The Bertz CT molecular complexity index is 1140. The first-order valence-corrected chi connectivity index (χ1v) is 11.9. The SMILES string of the molecule is COCOc1cc(OCOC)c2c(c1)OC13C(=CC4C[C@H]1C(C)(C)OC3(CC=C(C)C)C4=O)C2=O. The number of carbonyl (C=O) groups is 2. The lowest BCUT2D eigenvalue weighted by Gasteiger charge is -2.56. The van der Waals surface area contributed by atoms with Gasteiger partial charge in [-0.2, -0.15) is 0 Å². The molecule has 2 heterocycles. The van der Waals surface area contributed by atoms with Crippen LogP contribution in [0, 0.1) is 11.8 Å². The largest absolute Gasteiger partial charge is 0.477 e. The van der Waals surface area contributed by atoms with Crippen LogP contribution in [0.2, 0.25) is 0 Å². The zero-order valence-electron chi connectivity index (χ0n) is 21.1. The Balaban J connectivity index is 1.73. The molecule has 35 heavy (non-hydrogen) atoms. The number of fused-ring (bicyclic) bond motifs is 1. The van der Waals surface area contributed by atoms with Crippen molar-refractivity contribution in [2.45, 2.75) is 57.3 Å². The molecule has 2 fully saturated rings. The number of methoxy groups -OCH3 is 2. The standard InChI is InChI=1S/C27H32O8/c1-15(2)7-8-26-24(29)16-9-18-23(28)22-19(33-14-31-6)11-17(32-13-30-5)12-20(22)34-27(18,26)21(10-16)25(3,4)35-26/h7,9,11-12,16,21H,8,10,13-14H2,1-6H3/t16?,21-,26?,27?/m0/s1. The van der Waals surface area contributed by atoms with Gasteiger partial charge in [0.1, 0.15) is 22.8 Å². The molecule has 3 aliphatic carbocycles. The molecular formula is C27H32O8. The van der Waals surface area contributed by atoms with E-state index in [2.05, 4.69) is 0 Å². The van der Waals surface area contributed by atoms with Crippen LogP contribution in [0.5, 0.6) is 17.2 Å². The summed E-state index contributed by atoms with van der Waals surface area (Å²) in [6, 6.07) is 3.28. The zero-order valence-corrected chi connectivity index (χ0v) is 21.1. The van der Waals surface area contributed by atoms with Gasteiger partial charge < -0.3 is 28.4 Å². The van der Waals surface area contributed by atoms with Gasteiger partial charge in [-0.05, 0) is 34.1 Å². The van der Waals surface area contributed by atoms with E-state index in [9.17, 15) is 9.59 Å². The summed E-state index contributed by atoms with van der Waals surface area (Å²) >= 11 is 0. The second-order valence-corrected chi connectivity index (χ2v) is 10.4. The average molecular weight is 485 g/mol. The molecule has 0 N–H and O–H groups in total. The molecule has 8 heteroatoms. The van der Waals surface area contributed by atoms with Crippen molar-refractivity contribution in [2.24, 2.45) is 11.8 Å². The summed E-state index contributed by atoms with van der Waals surface area (Å²) in [6.07, 6.45) is 4.70. The number of allylic oxidation sites excluding steroid dienone is 2. The van der Waals surface area contributed by atoms with Crippen molar-refractivity contribution in [2.75, 3.05) is 27.8 Å². The molecule has 1 saturated heterocycles. The fourth-order valence-electron chi connectivity index (χ4n) is 6.30. The first-order chi connectivity index (χ1) is 16.6. The Morgan fingerprint density at radius 3 is 2.51 bits per heavy atom. The molecule has 2 aliphatic heterocycles. The van der Waals surface area contributed by atoms with Crippen LogP contribution < -0.4 is 14.2 Å². The average Bonchev–Trinajstić information content (AvgIpc) is 2.96. The molecule has 188 valence electrons. The zero-order chi connectivity index (χ0) is 25.2. The Hall–Kier alpha value is -2.68. The minimum Gasteiger partial charge on any atom is -0.477 e. The van der Waals surface area contributed by atoms with Crippen LogP contribution in [0.4, 0.5) is 0 Å². The molecule has 0 radical (unpaired) electrons.